The zero-order chi connectivity index (χ0) is 13.0. The summed E-state index contributed by atoms with van der Waals surface area (Å²) in [6.45, 7) is 2.05. The molecule has 1 aromatic carbocycles. The maximum atomic E-state index is 6.12. The standard InChI is InChI=1S/C14H15ClN2S/c1-2-12(16)13-8-7-10(9-17-13)18-14-6-4-3-5-11(14)15/h3-9,12H,2,16H2,1H3/t12-/m1/s1. The Morgan fingerprint density at radius 2 is 2.06 bits per heavy atom. The highest BCUT2D eigenvalue weighted by atomic mass is 35.5. The van der Waals surface area contributed by atoms with Crippen LogP contribution in [0.3, 0.4) is 0 Å². The Morgan fingerprint density at radius 3 is 2.67 bits per heavy atom. The number of hydrogen-bond acceptors (Lipinski definition) is 3. The molecule has 2 N–H and O–H groups in total. The van der Waals surface area contributed by atoms with E-state index >= 15 is 0 Å². The van der Waals surface area contributed by atoms with Gasteiger partial charge in [0.25, 0.3) is 0 Å². The molecule has 0 amide bonds. The van der Waals surface area contributed by atoms with Gasteiger partial charge >= 0.3 is 0 Å². The van der Waals surface area contributed by atoms with E-state index in [-0.39, 0.29) is 6.04 Å². The van der Waals surface area contributed by atoms with Crippen LogP contribution in [0.1, 0.15) is 25.1 Å². The van der Waals surface area contributed by atoms with Crippen LogP contribution in [0.5, 0.6) is 0 Å². The number of nitrogens with two attached hydrogens (primary N) is 1. The average Bonchev–Trinajstić information content (AvgIpc) is 2.41. The van der Waals surface area contributed by atoms with Crippen LogP contribution in [0.25, 0.3) is 0 Å². The fraction of sp³-hybridized carbons (Fsp3) is 0.214. The van der Waals surface area contributed by atoms with Crippen LogP contribution >= 0.6 is 23.4 Å². The molecule has 0 aliphatic heterocycles. The Balaban J connectivity index is 2.14. The van der Waals surface area contributed by atoms with Crippen molar-refractivity contribution in [3.8, 4) is 0 Å². The molecule has 0 saturated heterocycles. The van der Waals surface area contributed by atoms with E-state index in [1.54, 1.807) is 11.8 Å². The van der Waals surface area contributed by atoms with E-state index in [2.05, 4.69) is 11.9 Å². The topological polar surface area (TPSA) is 38.9 Å². The predicted molar refractivity (Wildman–Crippen MR) is 77.0 cm³/mol. The summed E-state index contributed by atoms with van der Waals surface area (Å²) in [6, 6.07) is 11.8. The minimum absolute atomic E-state index is 0.0179. The molecule has 0 fully saturated rings. The van der Waals surface area contributed by atoms with Gasteiger partial charge in [-0.15, -0.1) is 0 Å². The summed E-state index contributed by atoms with van der Waals surface area (Å²) in [5, 5.41) is 0.761. The third-order valence-electron chi connectivity index (χ3n) is 2.64. The normalized spacial score (nSPS) is 12.4. The summed E-state index contributed by atoms with van der Waals surface area (Å²) in [4.78, 5) is 6.49. The monoisotopic (exact) mass is 278 g/mol. The van der Waals surface area contributed by atoms with E-state index in [9.17, 15) is 0 Å². The lowest BCUT2D eigenvalue weighted by Crippen LogP contribution is -2.10. The van der Waals surface area contributed by atoms with Gasteiger partial charge in [0.15, 0.2) is 0 Å². The molecule has 2 aromatic rings. The van der Waals surface area contributed by atoms with E-state index in [0.717, 1.165) is 26.9 Å². The third-order valence-corrected chi connectivity index (χ3v) is 4.14. The van der Waals surface area contributed by atoms with Crippen LogP contribution in [0.2, 0.25) is 5.02 Å². The van der Waals surface area contributed by atoms with E-state index in [1.807, 2.05) is 42.6 Å². The number of benzene rings is 1. The van der Waals surface area contributed by atoms with E-state index in [4.69, 9.17) is 17.3 Å². The number of pyridine rings is 1. The van der Waals surface area contributed by atoms with Gasteiger partial charge < -0.3 is 5.73 Å². The maximum Gasteiger partial charge on any atom is 0.0571 e. The molecule has 4 heteroatoms. The second-order valence-electron chi connectivity index (χ2n) is 3.97. The molecule has 1 heterocycles. The molecular formula is C14H15ClN2S. The Bertz CT molecular complexity index is 513. The fourth-order valence-electron chi connectivity index (χ4n) is 1.54. The highest BCUT2D eigenvalue weighted by Gasteiger charge is 2.06. The molecule has 0 radical (unpaired) electrons. The van der Waals surface area contributed by atoms with E-state index < -0.39 is 0 Å². The van der Waals surface area contributed by atoms with E-state index in [1.165, 1.54) is 0 Å². The molecule has 0 aliphatic rings. The SMILES string of the molecule is CC[C@@H](N)c1ccc(Sc2ccccc2Cl)cn1. The van der Waals surface area contributed by atoms with Gasteiger partial charge in [-0.2, -0.15) is 0 Å². The summed E-state index contributed by atoms with van der Waals surface area (Å²) in [5.74, 6) is 0. The maximum absolute atomic E-state index is 6.12. The van der Waals surface area contributed by atoms with Gasteiger partial charge in [0.1, 0.15) is 0 Å². The molecule has 0 spiro atoms. The van der Waals surface area contributed by atoms with Crippen LogP contribution in [-0.2, 0) is 0 Å². The van der Waals surface area contributed by atoms with Crippen molar-refractivity contribution in [3.63, 3.8) is 0 Å². The van der Waals surface area contributed by atoms with E-state index in [0.29, 0.717) is 0 Å². The predicted octanol–water partition coefficient (Wildman–Crippen LogP) is 4.30. The average molecular weight is 279 g/mol. The molecule has 1 atom stereocenters. The first kappa shape index (κ1) is 13.4. The molecule has 18 heavy (non-hydrogen) atoms. The van der Waals surface area contributed by atoms with Gasteiger partial charge in [0, 0.05) is 22.0 Å². The lowest BCUT2D eigenvalue weighted by molar-refractivity contribution is 0.674. The van der Waals surface area contributed by atoms with Crippen molar-refractivity contribution < 1.29 is 0 Å². The molecular weight excluding hydrogens is 264 g/mol. The summed E-state index contributed by atoms with van der Waals surface area (Å²) in [7, 11) is 0. The van der Waals surface area contributed by atoms with Gasteiger partial charge in [-0.25, -0.2) is 0 Å². The number of rotatable bonds is 4. The second kappa shape index (κ2) is 6.23. The largest absolute Gasteiger partial charge is 0.323 e. The van der Waals surface area contributed by atoms with Crippen molar-refractivity contribution in [2.24, 2.45) is 5.73 Å². The molecule has 1 aromatic heterocycles. The third kappa shape index (κ3) is 3.25. The smallest absolute Gasteiger partial charge is 0.0571 e. The molecule has 0 bridgehead atoms. The van der Waals surface area contributed by atoms with Gasteiger partial charge in [0.2, 0.25) is 0 Å². The van der Waals surface area contributed by atoms with Gasteiger partial charge in [-0.1, -0.05) is 42.4 Å². The van der Waals surface area contributed by atoms with Gasteiger partial charge in [-0.05, 0) is 30.7 Å². The highest BCUT2D eigenvalue weighted by Crippen LogP contribution is 2.32. The van der Waals surface area contributed by atoms with Crippen molar-refractivity contribution in [2.75, 3.05) is 0 Å². The lowest BCUT2D eigenvalue weighted by Gasteiger charge is -2.09. The minimum Gasteiger partial charge on any atom is -0.323 e. The van der Waals surface area contributed by atoms with Crippen molar-refractivity contribution in [2.45, 2.75) is 29.2 Å². The Labute approximate surface area is 117 Å². The summed E-state index contributed by atoms with van der Waals surface area (Å²) < 4.78 is 0. The molecule has 94 valence electrons. The first-order valence-electron chi connectivity index (χ1n) is 5.84. The van der Waals surface area contributed by atoms with Gasteiger partial charge in [-0.3, -0.25) is 4.98 Å². The van der Waals surface area contributed by atoms with Crippen molar-refractivity contribution in [3.05, 3.63) is 53.3 Å². The van der Waals surface area contributed by atoms with Crippen LogP contribution in [0, 0.1) is 0 Å². The number of hydrogen-bond donors (Lipinski definition) is 1. The number of nitrogens with zero attached hydrogens (tertiary/aromatic N) is 1. The molecule has 2 rings (SSSR count). The fourth-order valence-corrected chi connectivity index (χ4v) is 2.59. The zero-order valence-corrected chi connectivity index (χ0v) is 11.7. The molecule has 0 saturated carbocycles. The molecule has 2 nitrogen and oxygen atoms in total. The van der Waals surface area contributed by atoms with Crippen molar-refractivity contribution in [1.82, 2.24) is 4.98 Å². The summed E-state index contributed by atoms with van der Waals surface area (Å²) >= 11 is 7.72. The Morgan fingerprint density at radius 1 is 1.28 bits per heavy atom. The van der Waals surface area contributed by atoms with Crippen molar-refractivity contribution in [1.29, 1.82) is 0 Å². The minimum atomic E-state index is 0.0179. The first-order chi connectivity index (χ1) is 8.70. The summed E-state index contributed by atoms with van der Waals surface area (Å²) in [5.41, 5.74) is 6.86. The van der Waals surface area contributed by atoms with Crippen LogP contribution < -0.4 is 5.73 Å². The number of halogens is 1. The quantitative estimate of drug-likeness (QED) is 0.906. The zero-order valence-electron chi connectivity index (χ0n) is 10.1. The lowest BCUT2D eigenvalue weighted by atomic mass is 10.1. The number of aromatic nitrogens is 1. The highest BCUT2D eigenvalue weighted by molar-refractivity contribution is 7.99. The Hall–Kier alpha value is -1.03. The molecule has 0 aliphatic carbocycles. The van der Waals surface area contributed by atoms with Crippen molar-refractivity contribution >= 4 is 23.4 Å². The summed E-state index contributed by atoms with van der Waals surface area (Å²) in [6.07, 6.45) is 2.74. The molecule has 0 unspecified atom stereocenters. The second-order valence-corrected chi connectivity index (χ2v) is 5.49. The first-order valence-corrected chi connectivity index (χ1v) is 7.04. The van der Waals surface area contributed by atoms with Gasteiger partial charge in [0.05, 0.1) is 10.7 Å². The van der Waals surface area contributed by atoms with Crippen LogP contribution in [-0.4, -0.2) is 4.98 Å². The van der Waals surface area contributed by atoms with Crippen LogP contribution in [0.4, 0.5) is 0 Å². The Kier molecular flexibility index (Phi) is 4.64. The van der Waals surface area contributed by atoms with Crippen LogP contribution in [0.15, 0.2) is 52.4 Å².